The van der Waals surface area contributed by atoms with Gasteiger partial charge in [-0.15, -0.1) is 0 Å². The number of phenols is 1. The third kappa shape index (κ3) is 2.27. The van der Waals surface area contributed by atoms with Gasteiger partial charge in [-0.2, -0.15) is 0 Å². The Morgan fingerprint density at radius 1 is 0.870 bits per heavy atom. The molecular formula is C21H19NO. The van der Waals surface area contributed by atoms with Gasteiger partial charge in [0.1, 0.15) is 5.75 Å². The zero-order valence-corrected chi connectivity index (χ0v) is 13.1. The predicted molar refractivity (Wildman–Crippen MR) is 95.9 cm³/mol. The van der Waals surface area contributed by atoms with Crippen molar-refractivity contribution in [3.05, 3.63) is 71.8 Å². The van der Waals surface area contributed by atoms with E-state index in [1.807, 2.05) is 12.1 Å². The number of phenolic OH excluding ortho intramolecular Hbond substituents is 1. The molecule has 0 fully saturated rings. The quantitative estimate of drug-likeness (QED) is 0.518. The van der Waals surface area contributed by atoms with Crippen LogP contribution in [0.5, 0.6) is 5.75 Å². The number of hydrogen-bond donors (Lipinski definition) is 2. The molecule has 0 heterocycles. The Kier molecular flexibility index (Phi) is 3.30. The number of anilines is 1. The summed E-state index contributed by atoms with van der Waals surface area (Å²) in [5, 5.41) is 13.7. The number of rotatable bonds is 3. The summed E-state index contributed by atoms with van der Waals surface area (Å²) in [6, 6.07) is 20.6. The molecule has 1 aliphatic carbocycles. The van der Waals surface area contributed by atoms with Crippen molar-refractivity contribution in [1.29, 1.82) is 0 Å². The number of hydrogen-bond acceptors (Lipinski definition) is 2. The first kappa shape index (κ1) is 13.9. The van der Waals surface area contributed by atoms with Crippen molar-refractivity contribution in [2.75, 3.05) is 11.9 Å². The summed E-state index contributed by atoms with van der Waals surface area (Å²) < 4.78 is 0. The first-order valence-electron chi connectivity index (χ1n) is 8.05. The minimum absolute atomic E-state index is 0.330. The van der Waals surface area contributed by atoms with Gasteiger partial charge in [-0.3, -0.25) is 0 Å². The summed E-state index contributed by atoms with van der Waals surface area (Å²) in [4.78, 5) is 0. The zero-order chi connectivity index (χ0) is 15.8. The van der Waals surface area contributed by atoms with Crippen LogP contribution in [-0.2, 0) is 6.42 Å². The Bertz CT molecular complexity index is 883. The maximum atomic E-state index is 10.4. The molecule has 1 aliphatic rings. The Morgan fingerprint density at radius 2 is 1.61 bits per heavy atom. The van der Waals surface area contributed by atoms with Crippen molar-refractivity contribution in [1.82, 2.24) is 0 Å². The maximum Gasteiger partial charge on any atom is 0.123 e. The van der Waals surface area contributed by atoms with Gasteiger partial charge in [-0.05, 0) is 59.4 Å². The van der Waals surface area contributed by atoms with Gasteiger partial charge in [0.05, 0.1) is 0 Å². The van der Waals surface area contributed by atoms with Crippen LogP contribution in [0.2, 0.25) is 0 Å². The summed E-state index contributed by atoms with van der Waals surface area (Å²) in [6.07, 6.45) is 0.923. The summed E-state index contributed by atoms with van der Waals surface area (Å²) >= 11 is 0. The van der Waals surface area contributed by atoms with E-state index >= 15 is 0 Å². The first-order chi connectivity index (χ1) is 11.3. The van der Waals surface area contributed by atoms with Crippen molar-refractivity contribution in [2.45, 2.75) is 13.3 Å². The van der Waals surface area contributed by atoms with Gasteiger partial charge >= 0.3 is 0 Å². The maximum absolute atomic E-state index is 10.4. The number of aromatic hydroxyl groups is 1. The molecule has 23 heavy (non-hydrogen) atoms. The molecule has 2 N–H and O–H groups in total. The molecule has 0 saturated carbocycles. The van der Waals surface area contributed by atoms with Crippen molar-refractivity contribution in [3.63, 3.8) is 0 Å². The second-order valence-electron chi connectivity index (χ2n) is 5.93. The SMILES string of the molecule is CCNc1ccc(O)c(-c2cccc3c2Cc2ccccc2-3)c1. The third-order valence-electron chi connectivity index (χ3n) is 4.52. The second kappa shape index (κ2) is 5.47. The van der Waals surface area contributed by atoms with E-state index < -0.39 is 0 Å². The van der Waals surface area contributed by atoms with E-state index in [1.54, 1.807) is 6.07 Å². The fraction of sp³-hybridized carbons (Fsp3) is 0.143. The standard InChI is InChI=1S/C21H19NO/c1-2-22-15-10-11-21(23)20(13-15)18-9-5-8-17-16-7-4-3-6-14(16)12-19(17)18/h3-11,13,22-23H,2,12H2,1H3. The van der Waals surface area contributed by atoms with Gasteiger partial charge in [-0.25, -0.2) is 0 Å². The molecule has 0 unspecified atom stereocenters. The number of nitrogens with one attached hydrogen (secondary N) is 1. The molecule has 2 nitrogen and oxygen atoms in total. The molecule has 0 aromatic heterocycles. The van der Waals surface area contributed by atoms with Crippen molar-refractivity contribution >= 4 is 5.69 Å². The van der Waals surface area contributed by atoms with E-state index in [0.29, 0.717) is 5.75 Å². The number of benzene rings is 3. The van der Waals surface area contributed by atoms with Crippen LogP contribution in [0.3, 0.4) is 0 Å². The van der Waals surface area contributed by atoms with E-state index in [9.17, 15) is 5.11 Å². The van der Waals surface area contributed by atoms with E-state index in [2.05, 4.69) is 54.7 Å². The fourth-order valence-corrected chi connectivity index (χ4v) is 3.48. The molecule has 0 amide bonds. The van der Waals surface area contributed by atoms with Crippen LogP contribution in [0.15, 0.2) is 60.7 Å². The molecule has 0 saturated heterocycles. The van der Waals surface area contributed by atoms with Gasteiger partial charge < -0.3 is 10.4 Å². The van der Waals surface area contributed by atoms with E-state index in [-0.39, 0.29) is 0 Å². The summed E-state index contributed by atoms with van der Waals surface area (Å²) in [6.45, 7) is 2.94. The zero-order valence-electron chi connectivity index (χ0n) is 13.1. The molecule has 2 heteroatoms. The van der Waals surface area contributed by atoms with Gasteiger partial charge in [0.15, 0.2) is 0 Å². The summed E-state index contributed by atoms with van der Waals surface area (Å²) in [5.74, 6) is 0.330. The van der Waals surface area contributed by atoms with Crippen LogP contribution >= 0.6 is 0 Å². The van der Waals surface area contributed by atoms with E-state index in [1.165, 1.54) is 22.3 Å². The van der Waals surface area contributed by atoms with Gasteiger partial charge in [0, 0.05) is 17.8 Å². The van der Waals surface area contributed by atoms with Crippen molar-refractivity contribution in [3.8, 4) is 28.0 Å². The molecule has 0 atom stereocenters. The smallest absolute Gasteiger partial charge is 0.123 e. The highest BCUT2D eigenvalue weighted by Gasteiger charge is 2.22. The average molecular weight is 301 g/mol. The minimum atomic E-state index is 0.330. The van der Waals surface area contributed by atoms with Crippen molar-refractivity contribution < 1.29 is 5.11 Å². The highest BCUT2D eigenvalue weighted by Crippen LogP contribution is 2.43. The largest absolute Gasteiger partial charge is 0.507 e. The fourth-order valence-electron chi connectivity index (χ4n) is 3.48. The van der Waals surface area contributed by atoms with Crippen LogP contribution in [-0.4, -0.2) is 11.7 Å². The van der Waals surface area contributed by atoms with Crippen LogP contribution in [0.25, 0.3) is 22.3 Å². The molecule has 114 valence electrons. The lowest BCUT2D eigenvalue weighted by atomic mass is 9.95. The van der Waals surface area contributed by atoms with E-state index in [4.69, 9.17) is 0 Å². The van der Waals surface area contributed by atoms with Crippen molar-refractivity contribution in [2.24, 2.45) is 0 Å². The lowest BCUT2D eigenvalue weighted by Gasteiger charge is -2.13. The molecular weight excluding hydrogens is 282 g/mol. The second-order valence-corrected chi connectivity index (χ2v) is 5.93. The molecule has 0 radical (unpaired) electrons. The average Bonchev–Trinajstić information content (AvgIpc) is 2.96. The molecule has 0 aliphatic heterocycles. The summed E-state index contributed by atoms with van der Waals surface area (Å²) in [7, 11) is 0. The molecule has 4 rings (SSSR count). The molecule has 0 spiro atoms. The molecule has 3 aromatic carbocycles. The predicted octanol–water partition coefficient (Wildman–Crippen LogP) is 5.06. The topological polar surface area (TPSA) is 32.3 Å². The highest BCUT2D eigenvalue weighted by molar-refractivity contribution is 5.87. The third-order valence-corrected chi connectivity index (χ3v) is 4.52. The van der Waals surface area contributed by atoms with Gasteiger partial charge in [0.2, 0.25) is 0 Å². The Labute approximate surface area is 136 Å². The minimum Gasteiger partial charge on any atom is -0.507 e. The first-order valence-corrected chi connectivity index (χ1v) is 8.05. The Morgan fingerprint density at radius 3 is 2.43 bits per heavy atom. The van der Waals surface area contributed by atoms with Gasteiger partial charge in [0.25, 0.3) is 0 Å². The Hall–Kier alpha value is -2.74. The lowest BCUT2D eigenvalue weighted by Crippen LogP contribution is -1.97. The van der Waals surface area contributed by atoms with E-state index in [0.717, 1.165) is 29.8 Å². The van der Waals surface area contributed by atoms with Crippen LogP contribution < -0.4 is 5.32 Å². The lowest BCUT2D eigenvalue weighted by molar-refractivity contribution is 0.477. The highest BCUT2D eigenvalue weighted by atomic mass is 16.3. The van der Waals surface area contributed by atoms with Gasteiger partial charge in [-0.1, -0.05) is 42.5 Å². The number of fused-ring (bicyclic) bond motifs is 3. The van der Waals surface area contributed by atoms with Crippen LogP contribution in [0, 0.1) is 0 Å². The monoisotopic (exact) mass is 301 g/mol. The molecule has 0 bridgehead atoms. The Balaban J connectivity index is 1.88. The molecule has 3 aromatic rings. The van der Waals surface area contributed by atoms with Crippen LogP contribution in [0.1, 0.15) is 18.1 Å². The summed E-state index contributed by atoms with van der Waals surface area (Å²) in [5.41, 5.74) is 8.31. The van der Waals surface area contributed by atoms with Crippen LogP contribution in [0.4, 0.5) is 5.69 Å². The normalized spacial score (nSPS) is 11.9.